The third-order valence-electron chi connectivity index (χ3n) is 4.30. The van der Waals surface area contributed by atoms with Crippen LogP contribution in [0.15, 0.2) is 18.2 Å². The smallest absolute Gasteiger partial charge is 0.129 e. The van der Waals surface area contributed by atoms with Crippen LogP contribution in [0.25, 0.3) is 0 Å². The predicted octanol–water partition coefficient (Wildman–Crippen LogP) is 4.45. The van der Waals surface area contributed by atoms with Crippen LogP contribution in [0.5, 0.6) is 0 Å². The van der Waals surface area contributed by atoms with Gasteiger partial charge >= 0.3 is 0 Å². The molecule has 2 rings (SSSR count). The molecule has 1 saturated carbocycles. The Morgan fingerprint density at radius 3 is 2.55 bits per heavy atom. The molecule has 2 atom stereocenters. The molecule has 0 spiro atoms. The van der Waals surface area contributed by atoms with Crippen molar-refractivity contribution in [2.24, 2.45) is 5.41 Å². The van der Waals surface area contributed by atoms with Gasteiger partial charge in [0.1, 0.15) is 11.6 Å². The third-order valence-corrected chi connectivity index (χ3v) is 4.30. The fourth-order valence-electron chi connectivity index (χ4n) is 3.34. The first-order valence-corrected chi connectivity index (χ1v) is 7.56. The maximum atomic E-state index is 13.6. The van der Waals surface area contributed by atoms with Gasteiger partial charge in [0.15, 0.2) is 0 Å². The zero-order valence-corrected chi connectivity index (χ0v) is 12.7. The van der Waals surface area contributed by atoms with Crippen LogP contribution in [0.3, 0.4) is 0 Å². The van der Waals surface area contributed by atoms with E-state index in [4.69, 9.17) is 0 Å². The van der Waals surface area contributed by atoms with E-state index in [-0.39, 0.29) is 11.6 Å². The van der Waals surface area contributed by atoms with Crippen molar-refractivity contribution in [1.82, 2.24) is 5.32 Å². The Kier molecular flexibility index (Phi) is 4.79. The second-order valence-electron chi connectivity index (χ2n) is 6.93. The quantitative estimate of drug-likeness (QED) is 0.859. The lowest BCUT2D eigenvalue weighted by atomic mass is 9.75. The highest BCUT2D eigenvalue weighted by atomic mass is 19.1. The summed E-state index contributed by atoms with van der Waals surface area (Å²) in [6.07, 6.45) is 5.19. The van der Waals surface area contributed by atoms with Gasteiger partial charge < -0.3 is 5.32 Å². The number of benzene rings is 1. The SMILES string of the molecule is CC(Cc1c(F)cccc1F)NC1CCCC(C)(C)C1. The van der Waals surface area contributed by atoms with E-state index in [1.54, 1.807) is 0 Å². The van der Waals surface area contributed by atoms with Crippen molar-refractivity contribution in [3.8, 4) is 0 Å². The molecule has 0 aliphatic heterocycles. The summed E-state index contributed by atoms with van der Waals surface area (Å²) in [6, 6.07) is 4.61. The molecule has 0 saturated heterocycles. The molecule has 0 amide bonds. The van der Waals surface area contributed by atoms with Crippen LogP contribution < -0.4 is 5.32 Å². The summed E-state index contributed by atoms with van der Waals surface area (Å²) in [4.78, 5) is 0. The van der Waals surface area contributed by atoms with E-state index in [9.17, 15) is 8.78 Å². The van der Waals surface area contributed by atoms with Gasteiger partial charge in [-0.3, -0.25) is 0 Å². The van der Waals surface area contributed by atoms with Crippen LogP contribution in [-0.4, -0.2) is 12.1 Å². The van der Waals surface area contributed by atoms with Crippen LogP contribution in [-0.2, 0) is 6.42 Å². The molecule has 1 aliphatic rings. The van der Waals surface area contributed by atoms with Gasteiger partial charge in [-0.05, 0) is 50.2 Å². The van der Waals surface area contributed by atoms with Crippen LogP contribution in [0, 0.1) is 17.0 Å². The minimum atomic E-state index is -0.442. The number of nitrogens with one attached hydrogen (secondary N) is 1. The van der Waals surface area contributed by atoms with Crippen molar-refractivity contribution < 1.29 is 8.78 Å². The third kappa shape index (κ3) is 4.02. The summed E-state index contributed by atoms with van der Waals surface area (Å²) in [5.74, 6) is -0.884. The van der Waals surface area contributed by atoms with Crippen molar-refractivity contribution >= 4 is 0 Å². The van der Waals surface area contributed by atoms with Crippen molar-refractivity contribution in [1.29, 1.82) is 0 Å². The average molecular weight is 281 g/mol. The van der Waals surface area contributed by atoms with Crippen LogP contribution in [0.1, 0.15) is 52.0 Å². The molecular weight excluding hydrogens is 256 g/mol. The van der Waals surface area contributed by atoms with Gasteiger partial charge in [0.05, 0.1) is 0 Å². The second kappa shape index (κ2) is 6.21. The van der Waals surface area contributed by atoms with Gasteiger partial charge in [0.25, 0.3) is 0 Å². The second-order valence-corrected chi connectivity index (χ2v) is 6.93. The Bertz CT molecular complexity index is 436. The van der Waals surface area contributed by atoms with Crippen molar-refractivity contribution in [2.75, 3.05) is 0 Å². The van der Waals surface area contributed by atoms with E-state index in [0.717, 1.165) is 12.8 Å². The lowest BCUT2D eigenvalue weighted by Crippen LogP contribution is -2.42. The highest BCUT2D eigenvalue weighted by Gasteiger charge is 2.28. The number of halogens is 2. The summed E-state index contributed by atoms with van der Waals surface area (Å²) in [5, 5.41) is 3.54. The Morgan fingerprint density at radius 2 is 1.95 bits per heavy atom. The zero-order valence-electron chi connectivity index (χ0n) is 12.7. The summed E-state index contributed by atoms with van der Waals surface area (Å²) in [7, 11) is 0. The molecule has 0 bridgehead atoms. The monoisotopic (exact) mass is 281 g/mol. The molecule has 1 nitrogen and oxygen atoms in total. The van der Waals surface area contributed by atoms with Gasteiger partial charge in [-0.25, -0.2) is 8.78 Å². The molecule has 2 unspecified atom stereocenters. The van der Waals surface area contributed by atoms with E-state index >= 15 is 0 Å². The average Bonchev–Trinajstić information content (AvgIpc) is 2.33. The van der Waals surface area contributed by atoms with Gasteiger partial charge in [0, 0.05) is 17.6 Å². The molecule has 1 aromatic rings. The molecule has 1 aliphatic carbocycles. The Morgan fingerprint density at radius 1 is 1.30 bits per heavy atom. The molecule has 1 aromatic carbocycles. The normalized spacial score (nSPS) is 23.6. The first-order chi connectivity index (χ1) is 9.37. The largest absolute Gasteiger partial charge is 0.311 e. The molecule has 3 heteroatoms. The molecule has 112 valence electrons. The van der Waals surface area contributed by atoms with Crippen LogP contribution >= 0.6 is 0 Å². The molecule has 0 aromatic heterocycles. The predicted molar refractivity (Wildman–Crippen MR) is 78.7 cm³/mol. The molecule has 1 N–H and O–H groups in total. The van der Waals surface area contributed by atoms with Crippen molar-refractivity contribution in [3.63, 3.8) is 0 Å². The lowest BCUT2D eigenvalue weighted by Gasteiger charge is -2.37. The van der Waals surface area contributed by atoms with Crippen molar-refractivity contribution in [2.45, 2.75) is 65.0 Å². The molecular formula is C17H25F2N. The van der Waals surface area contributed by atoms with Crippen LogP contribution in [0.2, 0.25) is 0 Å². The maximum absolute atomic E-state index is 13.6. The molecule has 1 fully saturated rings. The van der Waals surface area contributed by atoms with Crippen LogP contribution in [0.4, 0.5) is 8.78 Å². The maximum Gasteiger partial charge on any atom is 0.129 e. The summed E-state index contributed by atoms with van der Waals surface area (Å²) < 4.78 is 27.3. The van der Waals surface area contributed by atoms with Gasteiger partial charge in [-0.2, -0.15) is 0 Å². The number of hydrogen-bond acceptors (Lipinski definition) is 1. The van der Waals surface area contributed by atoms with E-state index in [1.807, 2.05) is 6.92 Å². The highest BCUT2D eigenvalue weighted by Crippen LogP contribution is 2.35. The van der Waals surface area contributed by atoms with Gasteiger partial charge in [0.2, 0.25) is 0 Å². The van der Waals surface area contributed by atoms with Gasteiger partial charge in [-0.1, -0.05) is 26.3 Å². The number of hydrogen-bond donors (Lipinski definition) is 1. The van der Waals surface area contributed by atoms with Crippen molar-refractivity contribution in [3.05, 3.63) is 35.4 Å². The summed E-state index contributed by atoms with van der Waals surface area (Å²) in [6.45, 7) is 6.59. The van der Waals surface area contributed by atoms with E-state index in [1.165, 1.54) is 31.0 Å². The van der Waals surface area contributed by atoms with E-state index in [0.29, 0.717) is 17.9 Å². The Balaban J connectivity index is 1.94. The molecule has 0 heterocycles. The standard InChI is InChI=1S/C17H25F2N/c1-12(10-14-15(18)7-4-8-16(14)19)20-13-6-5-9-17(2,3)11-13/h4,7-8,12-13,20H,5-6,9-11H2,1-3H3. The van der Waals surface area contributed by atoms with Gasteiger partial charge in [-0.15, -0.1) is 0 Å². The number of rotatable bonds is 4. The minimum absolute atomic E-state index is 0.0836. The first kappa shape index (κ1) is 15.4. The minimum Gasteiger partial charge on any atom is -0.311 e. The Labute approximate surface area is 120 Å². The topological polar surface area (TPSA) is 12.0 Å². The molecule has 0 radical (unpaired) electrons. The summed E-state index contributed by atoms with van der Waals surface area (Å²) >= 11 is 0. The highest BCUT2D eigenvalue weighted by molar-refractivity contribution is 5.20. The van der Waals surface area contributed by atoms with E-state index in [2.05, 4.69) is 19.2 Å². The fraction of sp³-hybridized carbons (Fsp3) is 0.647. The van der Waals surface area contributed by atoms with E-state index < -0.39 is 11.6 Å². The Hall–Kier alpha value is -0.960. The lowest BCUT2D eigenvalue weighted by molar-refractivity contribution is 0.190. The first-order valence-electron chi connectivity index (χ1n) is 7.56. The fourth-order valence-corrected chi connectivity index (χ4v) is 3.34. The summed E-state index contributed by atoms with van der Waals surface area (Å²) in [5.41, 5.74) is 0.571. The molecule has 20 heavy (non-hydrogen) atoms. The zero-order chi connectivity index (χ0) is 14.8.